The molecule has 0 aromatic heterocycles. The number of rotatable bonds is 5. The fourth-order valence-electron chi connectivity index (χ4n) is 2.58. The number of benzene rings is 1. The number of aliphatic hydroxyl groups excluding tert-OH is 1. The molecule has 0 bridgehead atoms. The Labute approximate surface area is 127 Å². The second-order valence-corrected chi connectivity index (χ2v) is 6.57. The Morgan fingerprint density at radius 1 is 1.43 bits per heavy atom. The van der Waals surface area contributed by atoms with Crippen molar-refractivity contribution in [1.82, 2.24) is 4.90 Å². The van der Waals surface area contributed by atoms with Crippen LogP contribution in [0.4, 0.5) is 0 Å². The summed E-state index contributed by atoms with van der Waals surface area (Å²) in [7, 11) is 0. The van der Waals surface area contributed by atoms with Crippen LogP contribution in [0, 0.1) is 6.92 Å². The number of β-amino-alcohol motifs (C(OH)–C–C–N with tert-alkyl or cyclic N) is 1. The predicted octanol–water partition coefficient (Wildman–Crippen LogP) is 2.23. The van der Waals surface area contributed by atoms with Crippen LogP contribution in [0.25, 0.3) is 0 Å². The maximum Gasteiger partial charge on any atom is 0.122 e. The number of hydrogen-bond donors (Lipinski definition) is 1. The zero-order valence-electron chi connectivity index (χ0n) is 13.5. The summed E-state index contributed by atoms with van der Waals surface area (Å²) in [6, 6.07) is 7.87. The average molecular weight is 293 g/mol. The third-order valence-corrected chi connectivity index (χ3v) is 4.01. The number of aryl methyl sites for hydroxylation is 1. The lowest BCUT2D eigenvalue weighted by Crippen LogP contribution is -2.57. The molecule has 1 saturated heterocycles. The highest BCUT2D eigenvalue weighted by Gasteiger charge is 2.34. The lowest BCUT2D eigenvalue weighted by atomic mass is 10.0. The zero-order chi connectivity index (χ0) is 15.5. The minimum atomic E-state index is -0.505. The van der Waals surface area contributed by atoms with Crippen molar-refractivity contribution in [2.75, 3.05) is 26.3 Å². The van der Waals surface area contributed by atoms with Crippen LogP contribution >= 0.6 is 0 Å². The van der Waals surface area contributed by atoms with Crippen LogP contribution in [0.2, 0.25) is 0 Å². The molecule has 2 unspecified atom stereocenters. The molecule has 4 heteroatoms. The van der Waals surface area contributed by atoms with Gasteiger partial charge in [-0.2, -0.15) is 0 Å². The third kappa shape index (κ3) is 4.43. The monoisotopic (exact) mass is 293 g/mol. The van der Waals surface area contributed by atoms with Gasteiger partial charge in [0.25, 0.3) is 0 Å². The maximum absolute atomic E-state index is 10.3. The molecule has 1 fully saturated rings. The van der Waals surface area contributed by atoms with E-state index in [9.17, 15) is 5.11 Å². The van der Waals surface area contributed by atoms with E-state index in [0.29, 0.717) is 19.8 Å². The second-order valence-electron chi connectivity index (χ2n) is 6.57. The van der Waals surface area contributed by atoms with Crippen molar-refractivity contribution < 1.29 is 14.6 Å². The smallest absolute Gasteiger partial charge is 0.122 e. The third-order valence-electron chi connectivity index (χ3n) is 4.01. The largest absolute Gasteiger partial charge is 0.491 e. The van der Waals surface area contributed by atoms with E-state index >= 15 is 0 Å². The first-order chi connectivity index (χ1) is 9.88. The van der Waals surface area contributed by atoms with Gasteiger partial charge in [0.2, 0.25) is 0 Å². The van der Waals surface area contributed by atoms with Gasteiger partial charge in [0, 0.05) is 18.6 Å². The van der Waals surface area contributed by atoms with E-state index in [1.54, 1.807) is 0 Å². The predicted molar refractivity (Wildman–Crippen MR) is 83.7 cm³/mol. The van der Waals surface area contributed by atoms with Gasteiger partial charge in [0.1, 0.15) is 18.5 Å². The van der Waals surface area contributed by atoms with Gasteiger partial charge >= 0.3 is 0 Å². The Bertz CT molecular complexity index is 461. The van der Waals surface area contributed by atoms with Gasteiger partial charge in [-0.25, -0.2) is 0 Å². The molecule has 0 saturated carbocycles. The second kappa shape index (κ2) is 6.77. The van der Waals surface area contributed by atoms with Crippen LogP contribution in [0.1, 0.15) is 26.3 Å². The van der Waals surface area contributed by atoms with Crippen molar-refractivity contribution in [1.29, 1.82) is 0 Å². The summed E-state index contributed by atoms with van der Waals surface area (Å²) in [5, 5.41) is 10.3. The summed E-state index contributed by atoms with van der Waals surface area (Å²) < 4.78 is 11.4. The summed E-state index contributed by atoms with van der Waals surface area (Å²) in [6.07, 6.45) is -0.295. The first-order valence-electron chi connectivity index (χ1n) is 7.61. The van der Waals surface area contributed by atoms with E-state index in [0.717, 1.165) is 17.9 Å². The zero-order valence-corrected chi connectivity index (χ0v) is 13.5. The van der Waals surface area contributed by atoms with Crippen molar-refractivity contribution >= 4 is 0 Å². The van der Waals surface area contributed by atoms with Crippen molar-refractivity contribution in [2.45, 2.75) is 45.4 Å². The summed E-state index contributed by atoms with van der Waals surface area (Å²) >= 11 is 0. The Hall–Kier alpha value is -1.10. The highest BCUT2D eigenvalue weighted by molar-refractivity contribution is 5.31. The Morgan fingerprint density at radius 2 is 2.14 bits per heavy atom. The number of morpholine rings is 1. The van der Waals surface area contributed by atoms with Crippen molar-refractivity contribution in [3.05, 3.63) is 29.8 Å². The Morgan fingerprint density at radius 3 is 2.86 bits per heavy atom. The standard InChI is InChI=1S/C17H27NO3/c1-13-7-5-6-8-16(13)20-11-15(19)10-18-9-14(2)21-12-17(18,3)4/h5-8,14-15,19H,9-12H2,1-4H3. The minimum absolute atomic E-state index is 0.0455. The summed E-state index contributed by atoms with van der Waals surface area (Å²) in [6.45, 7) is 10.8. The van der Waals surface area contributed by atoms with Gasteiger partial charge in [-0.3, -0.25) is 4.90 Å². The van der Waals surface area contributed by atoms with Gasteiger partial charge in [-0.05, 0) is 39.3 Å². The molecule has 118 valence electrons. The van der Waals surface area contributed by atoms with Crippen LogP contribution in [0.3, 0.4) is 0 Å². The summed E-state index contributed by atoms with van der Waals surface area (Å²) in [5.74, 6) is 0.839. The van der Waals surface area contributed by atoms with Gasteiger partial charge < -0.3 is 14.6 Å². The molecule has 1 aliphatic heterocycles. The van der Waals surface area contributed by atoms with Crippen LogP contribution in [-0.2, 0) is 4.74 Å². The lowest BCUT2D eigenvalue weighted by Gasteiger charge is -2.45. The highest BCUT2D eigenvalue weighted by atomic mass is 16.5. The van der Waals surface area contributed by atoms with Crippen LogP contribution in [-0.4, -0.2) is 54.1 Å². The Balaban J connectivity index is 1.86. The fraction of sp³-hybridized carbons (Fsp3) is 0.647. The molecule has 0 radical (unpaired) electrons. The lowest BCUT2D eigenvalue weighted by molar-refractivity contribution is -0.104. The van der Waals surface area contributed by atoms with E-state index < -0.39 is 6.10 Å². The van der Waals surface area contributed by atoms with E-state index in [1.165, 1.54) is 0 Å². The molecule has 0 aliphatic carbocycles. The van der Waals surface area contributed by atoms with Crippen LogP contribution in [0.5, 0.6) is 5.75 Å². The van der Waals surface area contributed by atoms with Gasteiger partial charge in [-0.1, -0.05) is 18.2 Å². The molecule has 4 nitrogen and oxygen atoms in total. The molecule has 1 aliphatic rings. The summed E-state index contributed by atoms with van der Waals surface area (Å²) in [5.41, 5.74) is 1.04. The molecule has 2 atom stereocenters. The van der Waals surface area contributed by atoms with E-state index in [1.807, 2.05) is 31.2 Å². The number of aliphatic hydroxyl groups is 1. The normalized spacial score (nSPS) is 23.8. The van der Waals surface area contributed by atoms with E-state index in [2.05, 4.69) is 25.7 Å². The number of para-hydroxylation sites is 1. The van der Waals surface area contributed by atoms with Crippen molar-refractivity contribution in [3.63, 3.8) is 0 Å². The maximum atomic E-state index is 10.3. The molecule has 1 heterocycles. The average Bonchev–Trinajstić information content (AvgIpc) is 2.42. The van der Waals surface area contributed by atoms with Gasteiger partial charge in [0.05, 0.1) is 12.7 Å². The van der Waals surface area contributed by atoms with Crippen molar-refractivity contribution in [2.24, 2.45) is 0 Å². The number of hydrogen-bond acceptors (Lipinski definition) is 4. The highest BCUT2D eigenvalue weighted by Crippen LogP contribution is 2.22. The first kappa shape index (κ1) is 16.3. The molecule has 0 amide bonds. The quantitative estimate of drug-likeness (QED) is 0.904. The summed E-state index contributed by atoms with van der Waals surface area (Å²) in [4.78, 5) is 2.28. The Kier molecular flexibility index (Phi) is 5.25. The van der Waals surface area contributed by atoms with E-state index in [4.69, 9.17) is 9.47 Å². The fourth-order valence-corrected chi connectivity index (χ4v) is 2.58. The first-order valence-corrected chi connectivity index (χ1v) is 7.61. The van der Waals surface area contributed by atoms with Crippen LogP contribution in [0.15, 0.2) is 24.3 Å². The molecular weight excluding hydrogens is 266 g/mol. The number of ether oxygens (including phenoxy) is 2. The molecule has 1 aromatic carbocycles. The van der Waals surface area contributed by atoms with E-state index in [-0.39, 0.29) is 11.6 Å². The minimum Gasteiger partial charge on any atom is -0.491 e. The molecule has 1 aromatic rings. The molecule has 21 heavy (non-hydrogen) atoms. The van der Waals surface area contributed by atoms with Crippen molar-refractivity contribution in [3.8, 4) is 5.75 Å². The molecule has 2 rings (SSSR count). The SMILES string of the molecule is Cc1ccccc1OCC(O)CN1CC(C)OCC1(C)C. The van der Waals surface area contributed by atoms with Gasteiger partial charge in [0.15, 0.2) is 0 Å². The molecular formula is C17H27NO3. The van der Waals surface area contributed by atoms with Gasteiger partial charge in [-0.15, -0.1) is 0 Å². The molecule has 0 spiro atoms. The molecule has 1 N–H and O–H groups in total. The van der Waals surface area contributed by atoms with Crippen LogP contribution < -0.4 is 4.74 Å². The number of nitrogens with zero attached hydrogens (tertiary/aromatic N) is 1. The topological polar surface area (TPSA) is 41.9 Å².